The highest BCUT2D eigenvalue weighted by Crippen LogP contribution is 2.39. The minimum Gasteiger partial charge on any atom is -0.324 e. The molecule has 1 heterocycles. The van der Waals surface area contributed by atoms with Crippen molar-refractivity contribution in [2.24, 2.45) is 11.7 Å². The van der Waals surface area contributed by atoms with Crippen molar-refractivity contribution >= 4 is 0 Å². The molecule has 0 saturated heterocycles. The van der Waals surface area contributed by atoms with Crippen molar-refractivity contribution in [1.29, 1.82) is 0 Å². The van der Waals surface area contributed by atoms with Gasteiger partial charge >= 0.3 is 6.18 Å². The van der Waals surface area contributed by atoms with Gasteiger partial charge in [0.25, 0.3) is 0 Å². The van der Waals surface area contributed by atoms with Crippen molar-refractivity contribution in [2.75, 3.05) is 0 Å². The molecule has 2 N–H and O–H groups in total. The molecule has 0 aromatic carbocycles. The molecule has 1 aromatic rings. The second-order valence-electron chi connectivity index (χ2n) is 3.84. The topological polar surface area (TPSA) is 38.9 Å². The third-order valence-electron chi connectivity index (χ3n) is 2.59. The minimum absolute atomic E-state index is 0.167. The monoisotopic (exact) mass is 216 g/mol. The van der Waals surface area contributed by atoms with E-state index in [9.17, 15) is 13.2 Å². The first-order valence-electron chi connectivity index (χ1n) is 4.77. The Kier molecular flexibility index (Phi) is 2.42. The first-order chi connectivity index (χ1) is 6.98. The highest BCUT2D eigenvalue weighted by molar-refractivity contribution is 5.20. The van der Waals surface area contributed by atoms with E-state index in [1.54, 1.807) is 0 Å². The summed E-state index contributed by atoms with van der Waals surface area (Å²) >= 11 is 0. The maximum atomic E-state index is 12.2. The van der Waals surface area contributed by atoms with Gasteiger partial charge in [0.05, 0.1) is 0 Å². The number of nitrogens with two attached hydrogens (primary N) is 1. The van der Waals surface area contributed by atoms with E-state index in [2.05, 4.69) is 4.98 Å². The predicted molar refractivity (Wildman–Crippen MR) is 48.9 cm³/mol. The molecule has 15 heavy (non-hydrogen) atoms. The Morgan fingerprint density at radius 3 is 2.40 bits per heavy atom. The van der Waals surface area contributed by atoms with Crippen LogP contribution >= 0.6 is 0 Å². The summed E-state index contributed by atoms with van der Waals surface area (Å²) in [7, 11) is 0. The number of aromatic nitrogens is 1. The van der Waals surface area contributed by atoms with Gasteiger partial charge in [0.15, 0.2) is 0 Å². The highest BCUT2D eigenvalue weighted by atomic mass is 19.4. The van der Waals surface area contributed by atoms with Crippen molar-refractivity contribution in [1.82, 2.24) is 4.98 Å². The minimum atomic E-state index is -4.37. The fourth-order valence-corrected chi connectivity index (χ4v) is 1.50. The molecule has 1 aromatic heterocycles. The molecule has 1 saturated carbocycles. The lowest BCUT2D eigenvalue weighted by Crippen LogP contribution is -2.14. The van der Waals surface area contributed by atoms with E-state index in [1.165, 1.54) is 12.3 Å². The molecular weight excluding hydrogens is 205 g/mol. The Morgan fingerprint density at radius 2 is 2.00 bits per heavy atom. The van der Waals surface area contributed by atoms with Gasteiger partial charge in [-0.3, -0.25) is 4.98 Å². The Hall–Kier alpha value is -1.10. The first kappa shape index (κ1) is 10.4. The van der Waals surface area contributed by atoms with Gasteiger partial charge in [-0.25, -0.2) is 0 Å². The SMILES string of the molecule is N[C@H](c1ccc(C(F)(F)F)nc1)C1CC1. The maximum Gasteiger partial charge on any atom is 0.433 e. The summed E-state index contributed by atoms with van der Waals surface area (Å²) in [5.41, 5.74) is 5.66. The van der Waals surface area contributed by atoms with Gasteiger partial charge in [-0.05, 0) is 30.4 Å². The Bertz CT molecular complexity index is 341. The van der Waals surface area contributed by atoms with Crippen LogP contribution < -0.4 is 5.73 Å². The number of hydrogen-bond acceptors (Lipinski definition) is 2. The maximum absolute atomic E-state index is 12.2. The van der Waals surface area contributed by atoms with Crippen molar-refractivity contribution in [3.05, 3.63) is 29.6 Å². The summed E-state index contributed by atoms with van der Waals surface area (Å²) < 4.78 is 36.6. The van der Waals surface area contributed by atoms with Crippen LogP contribution in [-0.4, -0.2) is 4.98 Å². The van der Waals surface area contributed by atoms with Crippen molar-refractivity contribution in [3.8, 4) is 0 Å². The lowest BCUT2D eigenvalue weighted by atomic mass is 10.1. The Morgan fingerprint density at radius 1 is 1.33 bits per heavy atom. The zero-order valence-corrected chi connectivity index (χ0v) is 7.96. The second-order valence-corrected chi connectivity index (χ2v) is 3.84. The molecule has 82 valence electrons. The summed E-state index contributed by atoms with van der Waals surface area (Å²) in [5, 5.41) is 0. The molecule has 1 aliphatic rings. The summed E-state index contributed by atoms with van der Waals surface area (Å²) in [6, 6.07) is 2.23. The van der Waals surface area contributed by atoms with Crippen LogP contribution in [0.5, 0.6) is 0 Å². The first-order valence-corrected chi connectivity index (χ1v) is 4.77. The molecule has 2 nitrogen and oxygen atoms in total. The van der Waals surface area contributed by atoms with E-state index in [0.29, 0.717) is 11.5 Å². The van der Waals surface area contributed by atoms with Gasteiger partial charge in [-0.2, -0.15) is 13.2 Å². The van der Waals surface area contributed by atoms with Crippen LogP contribution in [0.25, 0.3) is 0 Å². The van der Waals surface area contributed by atoms with Crippen LogP contribution in [0.2, 0.25) is 0 Å². The Labute approximate surface area is 85.3 Å². The quantitative estimate of drug-likeness (QED) is 0.824. The standard InChI is InChI=1S/C10H11F3N2/c11-10(12,13)8-4-3-7(5-15-8)9(14)6-1-2-6/h3-6,9H,1-2,14H2/t9-/m0/s1. The van der Waals surface area contributed by atoms with Crippen molar-refractivity contribution < 1.29 is 13.2 Å². The molecule has 5 heteroatoms. The zero-order valence-electron chi connectivity index (χ0n) is 7.96. The van der Waals surface area contributed by atoms with Crippen LogP contribution in [-0.2, 0) is 6.18 Å². The molecular formula is C10H11F3N2. The molecule has 0 amide bonds. The van der Waals surface area contributed by atoms with Gasteiger partial charge in [0.2, 0.25) is 0 Å². The summed E-state index contributed by atoms with van der Waals surface area (Å²) in [4.78, 5) is 3.38. The molecule has 0 aliphatic heterocycles. The zero-order chi connectivity index (χ0) is 11.1. The Balaban J connectivity index is 2.16. The van der Waals surface area contributed by atoms with Crippen LogP contribution in [0.4, 0.5) is 13.2 Å². The van der Waals surface area contributed by atoms with E-state index in [0.717, 1.165) is 18.9 Å². The number of rotatable bonds is 2. The number of nitrogens with zero attached hydrogens (tertiary/aromatic N) is 1. The van der Waals surface area contributed by atoms with E-state index >= 15 is 0 Å². The van der Waals surface area contributed by atoms with Gasteiger partial charge in [-0.1, -0.05) is 6.07 Å². The van der Waals surface area contributed by atoms with Crippen LogP contribution in [0.15, 0.2) is 18.3 Å². The van der Waals surface area contributed by atoms with Gasteiger partial charge in [0, 0.05) is 12.2 Å². The number of hydrogen-bond donors (Lipinski definition) is 1. The normalized spacial score (nSPS) is 18.9. The molecule has 2 rings (SSSR count). The molecule has 0 bridgehead atoms. The second kappa shape index (κ2) is 3.48. The summed E-state index contributed by atoms with van der Waals surface area (Å²) in [6.07, 6.45) is -1.03. The molecule has 1 atom stereocenters. The smallest absolute Gasteiger partial charge is 0.324 e. The molecule has 0 unspecified atom stereocenters. The van der Waals surface area contributed by atoms with Gasteiger partial charge < -0.3 is 5.73 Å². The highest BCUT2D eigenvalue weighted by Gasteiger charge is 2.33. The van der Waals surface area contributed by atoms with Crippen LogP contribution in [0.1, 0.15) is 30.1 Å². The van der Waals surface area contributed by atoms with Gasteiger partial charge in [0.1, 0.15) is 5.69 Å². The summed E-state index contributed by atoms with van der Waals surface area (Å²) in [5.74, 6) is 0.420. The average Bonchev–Trinajstić information content (AvgIpc) is 2.99. The molecule has 0 spiro atoms. The van der Waals surface area contributed by atoms with Crippen molar-refractivity contribution in [3.63, 3.8) is 0 Å². The summed E-state index contributed by atoms with van der Waals surface area (Å²) in [6.45, 7) is 0. The van der Waals surface area contributed by atoms with Crippen LogP contribution in [0, 0.1) is 5.92 Å². The largest absolute Gasteiger partial charge is 0.433 e. The van der Waals surface area contributed by atoms with E-state index in [4.69, 9.17) is 5.73 Å². The van der Waals surface area contributed by atoms with Crippen LogP contribution in [0.3, 0.4) is 0 Å². The molecule has 0 radical (unpaired) electrons. The molecule has 1 fully saturated rings. The number of halogens is 3. The molecule has 1 aliphatic carbocycles. The van der Waals surface area contributed by atoms with Crippen molar-refractivity contribution in [2.45, 2.75) is 25.1 Å². The third-order valence-corrected chi connectivity index (χ3v) is 2.59. The predicted octanol–water partition coefficient (Wildman–Crippen LogP) is 2.51. The third kappa shape index (κ3) is 2.28. The lowest BCUT2D eigenvalue weighted by molar-refractivity contribution is -0.141. The number of alkyl halides is 3. The fraction of sp³-hybridized carbons (Fsp3) is 0.500. The lowest BCUT2D eigenvalue weighted by Gasteiger charge is -2.11. The van der Waals surface area contributed by atoms with E-state index in [1.807, 2.05) is 0 Å². The van der Waals surface area contributed by atoms with E-state index in [-0.39, 0.29) is 6.04 Å². The number of pyridine rings is 1. The fourth-order valence-electron chi connectivity index (χ4n) is 1.50. The van der Waals surface area contributed by atoms with Gasteiger partial charge in [-0.15, -0.1) is 0 Å². The average molecular weight is 216 g/mol. The van der Waals surface area contributed by atoms with E-state index < -0.39 is 11.9 Å².